The second-order valence-electron chi connectivity index (χ2n) is 6.92. The fraction of sp³-hybridized carbons (Fsp3) is 0.0833. The predicted octanol–water partition coefficient (Wildman–Crippen LogP) is 3.87. The number of para-hydroxylation sites is 3. The molecule has 1 N–H and O–H groups in total. The van der Waals surface area contributed by atoms with Crippen LogP contribution in [0.25, 0.3) is 22.1 Å². The molecule has 0 fully saturated rings. The predicted molar refractivity (Wildman–Crippen MR) is 114 cm³/mol. The summed E-state index contributed by atoms with van der Waals surface area (Å²) < 4.78 is 5.09. The molecular formula is C24H18N4O2. The van der Waals surface area contributed by atoms with Crippen LogP contribution in [0.4, 0.5) is 0 Å². The minimum absolute atomic E-state index is 0.234. The van der Waals surface area contributed by atoms with Gasteiger partial charge in [-0.25, -0.2) is 19.9 Å². The van der Waals surface area contributed by atoms with Gasteiger partial charge in [0.25, 0.3) is 0 Å². The molecule has 5 rings (SSSR count). The molecule has 0 aliphatic heterocycles. The van der Waals surface area contributed by atoms with Gasteiger partial charge in [-0.15, -0.1) is 0 Å². The van der Waals surface area contributed by atoms with Crippen molar-refractivity contribution in [1.29, 1.82) is 0 Å². The molecule has 6 nitrogen and oxygen atoms in total. The molecule has 3 aromatic carbocycles. The zero-order valence-corrected chi connectivity index (χ0v) is 16.2. The lowest BCUT2D eigenvalue weighted by molar-refractivity contribution is 0.126. The number of hydrogen-bond donors (Lipinski definition) is 1. The summed E-state index contributed by atoms with van der Waals surface area (Å²) in [5, 5.41) is 12.2. The van der Waals surface area contributed by atoms with E-state index in [1.807, 2.05) is 72.8 Å². The topological polar surface area (TPSA) is 81.0 Å². The molecule has 0 amide bonds. The second kappa shape index (κ2) is 7.17. The smallest absolute Gasteiger partial charge is 0.316 e. The highest BCUT2D eigenvalue weighted by Crippen LogP contribution is 2.39. The van der Waals surface area contributed by atoms with Gasteiger partial charge in [0.2, 0.25) is 0 Å². The first kappa shape index (κ1) is 18.1. The maximum atomic E-state index is 12.2. The summed E-state index contributed by atoms with van der Waals surface area (Å²) in [6.45, 7) is 0. The Morgan fingerprint density at radius 1 is 0.700 bits per heavy atom. The van der Waals surface area contributed by atoms with Crippen LogP contribution in [-0.4, -0.2) is 32.2 Å². The van der Waals surface area contributed by atoms with Crippen LogP contribution in [0, 0.1) is 0 Å². The third kappa shape index (κ3) is 2.86. The summed E-state index contributed by atoms with van der Waals surface area (Å²) in [5.41, 5.74) is 3.17. The Hall–Kier alpha value is -3.90. The first-order chi connectivity index (χ1) is 14.7. The lowest BCUT2D eigenvalue weighted by Gasteiger charge is -2.30. The standard InChI is InChI=1S/C24H18N4O2/c1-30-23-25-14-17(15-26-23)24(29,16-8-3-2-4-9-16)18-10-7-13-21-22(18)28-20-12-6-5-11-19(20)27-21/h2-15,29H,1H3. The van der Waals surface area contributed by atoms with E-state index in [0.717, 1.165) is 11.0 Å². The first-order valence-corrected chi connectivity index (χ1v) is 9.50. The van der Waals surface area contributed by atoms with E-state index in [-0.39, 0.29) is 6.01 Å². The molecule has 0 aliphatic carbocycles. The van der Waals surface area contributed by atoms with E-state index in [1.165, 1.54) is 7.11 Å². The van der Waals surface area contributed by atoms with Gasteiger partial charge in [-0.05, 0) is 23.8 Å². The third-order valence-corrected chi connectivity index (χ3v) is 5.18. The van der Waals surface area contributed by atoms with Crippen LogP contribution in [0.2, 0.25) is 0 Å². The van der Waals surface area contributed by atoms with E-state index in [2.05, 4.69) is 9.97 Å². The zero-order valence-electron chi connectivity index (χ0n) is 16.2. The quantitative estimate of drug-likeness (QED) is 0.466. The SMILES string of the molecule is COc1ncc(C(O)(c2ccccc2)c2cccc3nc4ccccc4nc23)cn1. The Morgan fingerprint density at radius 3 is 2.03 bits per heavy atom. The van der Waals surface area contributed by atoms with Crippen molar-refractivity contribution >= 4 is 22.1 Å². The van der Waals surface area contributed by atoms with Crippen LogP contribution in [0.1, 0.15) is 16.7 Å². The summed E-state index contributed by atoms with van der Waals surface area (Å²) in [6.07, 6.45) is 3.15. The van der Waals surface area contributed by atoms with E-state index in [0.29, 0.717) is 27.7 Å². The number of aliphatic hydroxyl groups is 1. The van der Waals surface area contributed by atoms with Crippen molar-refractivity contribution in [2.75, 3.05) is 7.11 Å². The minimum atomic E-state index is -1.52. The molecule has 0 aliphatic rings. The molecule has 0 radical (unpaired) electrons. The monoisotopic (exact) mass is 394 g/mol. The third-order valence-electron chi connectivity index (χ3n) is 5.18. The van der Waals surface area contributed by atoms with Crippen LogP contribution in [0.5, 0.6) is 6.01 Å². The van der Waals surface area contributed by atoms with Crippen molar-refractivity contribution in [3.8, 4) is 6.01 Å². The van der Waals surface area contributed by atoms with Gasteiger partial charge in [0.1, 0.15) is 5.60 Å². The number of methoxy groups -OCH3 is 1. The molecule has 5 aromatic rings. The molecule has 0 bridgehead atoms. The largest absolute Gasteiger partial charge is 0.467 e. The number of ether oxygens (including phenoxy) is 1. The van der Waals surface area contributed by atoms with Gasteiger partial charge in [-0.1, -0.05) is 54.6 Å². The molecule has 0 spiro atoms. The van der Waals surface area contributed by atoms with Crippen LogP contribution < -0.4 is 4.74 Å². The molecular weight excluding hydrogens is 376 g/mol. The summed E-state index contributed by atoms with van der Waals surface area (Å²) in [4.78, 5) is 18.0. The van der Waals surface area contributed by atoms with Gasteiger partial charge < -0.3 is 9.84 Å². The fourth-order valence-electron chi connectivity index (χ4n) is 3.70. The fourth-order valence-corrected chi connectivity index (χ4v) is 3.70. The molecule has 0 saturated heterocycles. The molecule has 6 heteroatoms. The van der Waals surface area contributed by atoms with Crippen molar-refractivity contribution < 1.29 is 9.84 Å². The van der Waals surface area contributed by atoms with Gasteiger partial charge >= 0.3 is 6.01 Å². The molecule has 1 unspecified atom stereocenters. The Bertz CT molecular complexity index is 1340. The first-order valence-electron chi connectivity index (χ1n) is 9.50. The van der Waals surface area contributed by atoms with Gasteiger partial charge in [0, 0.05) is 23.5 Å². The maximum Gasteiger partial charge on any atom is 0.316 e. The van der Waals surface area contributed by atoms with E-state index in [1.54, 1.807) is 12.4 Å². The van der Waals surface area contributed by atoms with Gasteiger partial charge in [0.05, 0.1) is 29.2 Å². The highest BCUT2D eigenvalue weighted by atomic mass is 16.5. The Balaban J connectivity index is 1.83. The summed E-state index contributed by atoms with van der Waals surface area (Å²) in [7, 11) is 1.50. The van der Waals surface area contributed by atoms with Crippen LogP contribution >= 0.6 is 0 Å². The van der Waals surface area contributed by atoms with Gasteiger partial charge in [0.15, 0.2) is 0 Å². The van der Waals surface area contributed by atoms with Gasteiger partial charge in [-0.2, -0.15) is 0 Å². The highest BCUT2D eigenvalue weighted by Gasteiger charge is 2.36. The summed E-state index contributed by atoms with van der Waals surface area (Å²) in [6, 6.07) is 23.0. The van der Waals surface area contributed by atoms with Crippen molar-refractivity contribution in [3.63, 3.8) is 0 Å². The van der Waals surface area contributed by atoms with Crippen molar-refractivity contribution in [3.05, 3.63) is 102 Å². The van der Waals surface area contributed by atoms with E-state index in [4.69, 9.17) is 14.7 Å². The Kier molecular flexibility index (Phi) is 4.34. The Morgan fingerprint density at radius 2 is 1.33 bits per heavy atom. The number of nitrogens with zero attached hydrogens (tertiary/aromatic N) is 4. The van der Waals surface area contributed by atoms with E-state index >= 15 is 0 Å². The number of benzene rings is 3. The minimum Gasteiger partial charge on any atom is -0.467 e. The number of rotatable bonds is 4. The number of fused-ring (bicyclic) bond motifs is 2. The summed E-state index contributed by atoms with van der Waals surface area (Å²) >= 11 is 0. The molecule has 0 saturated carbocycles. The lowest BCUT2D eigenvalue weighted by atomic mass is 9.81. The van der Waals surface area contributed by atoms with E-state index in [9.17, 15) is 5.11 Å². The Labute approximate surface area is 172 Å². The zero-order chi connectivity index (χ0) is 20.6. The molecule has 1 atom stereocenters. The van der Waals surface area contributed by atoms with Crippen LogP contribution in [-0.2, 0) is 5.60 Å². The van der Waals surface area contributed by atoms with Crippen molar-refractivity contribution in [2.45, 2.75) is 5.60 Å². The number of hydrogen-bond acceptors (Lipinski definition) is 6. The van der Waals surface area contributed by atoms with E-state index < -0.39 is 5.60 Å². The van der Waals surface area contributed by atoms with Crippen LogP contribution in [0.3, 0.4) is 0 Å². The average molecular weight is 394 g/mol. The average Bonchev–Trinajstić information content (AvgIpc) is 2.82. The highest BCUT2D eigenvalue weighted by molar-refractivity contribution is 5.89. The molecule has 146 valence electrons. The molecule has 2 aromatic heterocycles. The van der Waals surface area contributed by atoms with Gasteiger partial charge in [-0.3, -0.25) is 0 Å². The normalized spacial score (nSPS) is 13.3. The molecule has 30 heavy (non-hydrogen) atoms. The number of aromatic nitrogens is 4. The lowest BCUT2D eigenvalue weighted by Crippen LogP contribution is -2.30. The second-order valence-corrected chi connectivity index (χ2v) is 6.92. The van der Waals surface area contributed by atoms with Crippen molar-refractivity contribution in [2.24, 2.45) is 0 Å². The van der Waals surface area contributed by atoms with Crippen LogP contribution in [0.15, 0.2) is 85.2 Å². The molecule has 2 heterocycles. The summed E-state index contributed by atoms with van der Waals surface area (Å²) in [5.74, 6) is 0. The maximum absolute atomic E-state index is 12.2. The van der Waals surface area contributed by atoms with Crippen molar-refractivity contribution in [1.82, 2.24) is 19.9 Å².